The highest BCUT2D eigenvalue weighted by Gasteiger charge is 2.33. The van der Waals surface area contributed by atoms with Gasteiger partial charge in [0.2, 0.25) is 11.8 Å². The molecule has 0 radical (unpaired) electrons. The van der Waals surface area contributed by atoms with Crippen molar-refractivity contribution in [3.8, 4) is 5.88 Å². The number of carbonyl (C=O) groups is 2. The van der Waals surface area contributed by atoms with Crippen molar-refractivity contribution < 1.29 is 14.3 Å². The summed E-state index contributed by atoms with van der Waals surface area (Å²) in [6, 6.07) is 3.59. The summed E-state index contributed by atoms with van der Waals surface area (Å²) in [5.74, 6) is 1.08. The molecule has 154 valence electrons. The van der Waals surface area contributed by atoms with Gasteiger partial charge < -0.3 is 14.5 Å². The molecular weight excluding hydrogens is 372 g/mol. The third kappa shape index (κ3) is 4.38. The normalized spacial score (nSPS) is 17.1. The highest BCUT2D eigenvalue weighted by atomic mass is 16.5. The van der Waals surface area contributed by atoms with Crippen molar-refractivity contribution in [3.63, 3.8) is 0 Å². The summed E-state index contributed by atoms with van der Waals surface area (Å²) >= 11 is 0. The summed E-state index contributed by atoms with van der Waals surface area (Å²) in [5, 5.41) is 8.36. The average Bonchev–Trinajstić information content (AvgIpc) is 3.29. The predicted molar refractivity (Wildman–Crippen MR) is 104 cm³/mol. The van der Waals surface area contributed by atoms with E-state index in [-0.39, 0.29) is 17.9 Å². The van der Waals surface area contributed by atoms with Crippen molar-refractivity contribution >= 4 is 11.8 Å². The fraction of sp³-hybridized carbons (Fsp3) is 0.550. The Hall–Kier alpha value is -2.97. The Kier molecular flexibility index (Phi) is 5.46. The topological polar surface area (TPSA) is 93.5 Å². The number of nitrogens with zero attached hydrogens (tertiary/aromatic N) is 6. The lowest BCUT2D eigenvalue weighted by Gasteiger charge is -2.38. The second kappa shape index (κ2) is 8.18. The number of hydrogen-bond donors (Lipinski definition) is 0. The first-order chi connectivity index (χ1) is 14.0. The molecule has 2 amide bonds. The molecule has 2 fully saturated rings. The van der Waals surface area contributed by atoms with Crippen LogP contribution in [0.2, 0.25) is 0 Å². The quantitative estimate of drug-likeness (QED) is 0.702. The Morgan fingerprint density at radius 2 is 2.14 bits per heavy atom. The van der Waals surface area contributed by atoms with Gasteiger partial charge >= 0.3 is 0 Å². The van der Waals surface area contributed by atoms with Crippen molar-refractivity contribution in [1.29, 1.82) is 0 Å². The molecule has 0 N–H and O–H groups in total. The third-order valence-corrected chi connectivity index (χ3v) is 5.15. The number of hydrogen-bond acceptors (Lipinski definition) is 6. The molecule has 0 saturated carbocycles. The Labute approximate surface area is 169 Å². The average molecular weight is 398 g/mol. The Bertz CT molecular complexity index is 873. The molecule has 9 heteroatoms. The van der Waals surface area contributed by atoms with Crippen molar-refractivity contribution in [2.45, 2.75) is 39.3 Å². The molecule has 2 aliphatic rings. The minimum absolute atomic E-state index is 0.0489. The zero-order valence-corrected chi connectivity index (χ0v) is 16.8. The second-order valence-corrected chi connectivity index (χ2v) is 8.06. The van der Waals surface area contributed by atoms with Gasteiger partial charge in [0.05, 0.1) is 31.0 Å². The number of aromatic nitrogens is 4. The van der Waals surface area contributed by atoms with Crippen LogP contribution in [0.25, 0.3) is 0 Å². The van der Waals surface area contributed by atoms with Crippen LogP contribution in [0.5, 0.6) is 5.88 Å². The van der Waals surface area contributed by atoms with E-state index in [1.54, 1.807) is 27.9 Å². The lowest BCUT2D eigenvalue weighted by atomic mass is 10.1. The number of likely N-dealkylation sites (tertiary alicyclic amines) is 2. The fourth-order valence-electron chi connectivity index (χ4n) is 3.45. The van der Waals surface area contributed by atoms with Gasteiger partial charge in [0, 0.05) is 38.3 Å². The van der Waals surface area contributed by atoms with E-state index >= 15 is 0 Å². The van der Waals surface area contributed by atoms with Gasteiger partial charge in [-0.3, -0.25) is 9.59 Å². The lowest BCUT2D eigenvalue weighted by molar-refractivity contribution is -0.128. The third-order valence-electron chi connectivity index (χ3n) is 5.15. The summed E-state index contributed by atoms with van der Waals surface area (Å²) in [6.45, 7) is 7.19. The molecule has 0 aliphatic carbocycles. The van der Waals surface area contributed by atoms with E-state index in [1.165, 1.54) is 0 Å². The zero-order valence-electron chi connectivity index (χ0n) is 16.8. The maximum atomic E-state index is 12.6. The molecule has 2 aromatic heterocycles. The fourth-order valence-corrected chi connectivity index (χ4v) is 3.45. The standard InChI is InChI=1S/C20H26N6O3/c1-14(2)13-29-18-6-5-15(8-21-18)20(28)25-11-17(12-25)26-10-16(22-23-26)9-24-7-3-4-19(24)27/h5-6,8,10,14,17H,3-4,7,9,11-13H2,1-2H3. The second-order valence-electron chi connectivity index (χ2n) is 8.06. The Morgan fingerprint density at radius 1 is 1.31 bits per heavy atom. The molecule has 0 unspecified atom stereocenters. The number of pyridine rings is 1. The van der Waals surface area contributed by atoms with Gasteiger partial charge in [-0.2, -0.15) is 0 Å². The van der Waals surface area contributed by atoms with Crippen LogP contribution in [-0.2, 0) is 11.3 Å². The van der Waals surface area contributed by atoms with Gasteiger partial charge in [0.15, 0.2) is 0 Å². The number of amides is 2. The van der Waals surface area contributed by atoms with E-state index in [2.05, 4.69) is 29.1 Å². The largest absolute Gasteiger partial charge is 0.477 e. The smallest absolute Gasteiger partial charge is 0.255 e. The first kappa shape index (κ1) is 19.4. The Balaban J connectivity index is 1.28. The minimum Gasteiger partial charge on any atom is -0.477 e. The molecular formula is C20H26N6O3. The van der Waals surface area contributed by atoms with Crippen LogP contribution in [0.1, 0.15) is 48.8 Å². The molecule has 2 saturated heterocycles. The maximum Gasteiger partial charge on any atom is 0.255 e. The summed E-state index contributed by atoms with van der Waals surface area (Å²) in [4.78, 5) is 32.1. The van der Waals surface area contributed by atoms with E-state index in [0.717, 1.165) is 18.7 Å². The van der Waals surface area contributed by atoms with Gasteiger partial charge in [-0.05, 0) is 18.4 Å². The molecule has 0 bridgehead atoms. The molecule has 0 atom stereocenters. The first-order valence-electron chi connectivity index (χ1n) is 10.1. The van der Waals surface area contributed by atoms with E-state index in [0.29, 0.717) is 50.0 Å². The monoisotopic (exact) mass is 398 g/mol. The molecule has 4 rings (SSSR count). The van der Waals surface area contributed by atoms with E-state index in [9.17, 15) is 9.59 Å². The summed E-state index contributed by atoms with van der Waals surface area (Å²) in [6.07, 6.45) is 4.96. The van der Waals surface area contributed by atoms with Crippen LogP contribution in [0, 0.1) is 5.92 Å². The lowest BCUT2D eigenvalue weighted by Crippen LogP contribution is -2.50. The van der Waals surface area contributed by atoms with Crippen molar-refractivity contribution in [2.75, 3.05) is 26.2 Å². The van der Waals surface area contributed by atoms with Gasteiger partial charge in [-0.25, -0.2) is 9.67 Å². The highest BCUT2D eigenvalue weighted by molar-refractivity contribution is 5.94. The van der Waals surface area contributed by atoms with Gasteiger partial charge in [-0.15, -0.1) is 5.10 Å². The summed E-state index contributed by atoms with van der Waals surface area (Å²) in [5.41, 5.74) is 1.33. The predicted octanol–water partition coefficient (Wildman–Crippen LogP) is 1.53. The number of ether oxygens (including phenoxy) is 1. The molecule has 2 aromatic rings. The van der Waals surface area contributed by atoms with Crippen molar-refractivity contribution in [1.82, 2.24) is 29.8 Å². The van der Waals surface area contributed by atoms with Crippen molar-refractivity contribution in [3.05, 3.63) is 35.8 Å². The Morgan fingerprint density at radius 3 is 2.79 bits per heavy atom. The van der Waals surface area contributed by atoms with Gasteiger partial charge in [0.25, 0.3) is 5.91 Å². The van der Waals surface area contributed by atoms with Crippen molar-refractivity contribution in [2.24, 2.45) is 5.92 Å². The molecule has 0 aromatic carbocycles. The van der Waals surface area contributed by atoms with Crippen LogP contribution < -0.4 is 4.74 Å². The van der Waals surface area contributed by atoms with Gasteiger partial charge in [0.1, 0.15) is 5.69 Å². The summed E-state index contributed by atoms with van der Waals surface area (Å²) in [7, 11) is 0. The van der Waals surface area contributed by atoms with Crippen LogP contribution in [0.15, 0.2) is 24.5 Å². The number of rotatable bonds is 7. The molecule has 4 heterocycles. The molecule has 9 nitrogen and oxygen atoms in total. The molecule has 2 aliphatic heterocycles. The van der Waals surface area contributed by atoms with Crippen LogP contribution >= 0.6 is 0 Å². The minimum atomic E-state index is -0.0489. The van der Waals surface area contributed by atoms with E-state index in [1.807, 2.05) is 11.1 Å². The van der Waals surface area contributed by atoms with Gasteiger partial charge in [-0.1, -0.05) is 19.1 Å². The number of carbonyl (C=O) groups excluding carboxylic acids is 2. The van der Waals surface area contributed by atoms with E-state index in [4.69, 9.17) is 4.74 Å². The van der Waals surface area contributed by atoms with Crippen LogP contribution in [0.4, 0.5) is 0 Å². The first-order valence-corrected chi connectivity index (χ1v) is 10.1. The molecule has 0 spiro atoms. The maximum absolute atomic E-state index is 12.6. The highest BCUT2D eigenvalue weighted by Crippen LogP contribution is 2.23. The molecule has 29 heavy (non-hydrogen) atoms. The van der Waals surface area contributed by atoms with E-state index < -0.39 is 0 Å². The summed E-state index contributed by atoms with van der Waals surface area (Å²) < 4.78 is 7.35. The SMILES string of the molecule is CC(C)COc1ccc(C(=O)N2CC(n3cc(CN4CCCC4=O)nn3)C2)cn1. The van der Waals surface area contributed by atoms with Crippen LogP contribution in [0.3, 0.4) is 0 Å². The zero-order chi connectivity index (χ0) is 20.4. The van der Waals surface area contributed by atoms with Crippen LogP contribution in [-0.4, -0.2) is 67.8 Å².